The summed E-state index contributed by atoms with van der Waals surface area (Å²) >= 11 is 13.0. The maximum Gasteiger partial charge on any atom is 0.223 e. The molecule has 0 aliphatic heterocycles. The molecule has 1 amide bonds. The normalized spacial score (nSPS) is 10.5. The lowest BCUT2D eigenvalue weighted by molar-refractivity contribution is -0.130. The van der Waals surface area contributed by atoms with E-state index in [9.17, 15) is 9.59 Å². The number of halogens is 2. The topological polar surface area (TPSA) is 46.6 Å². The lowest BCUT2D eigenvalue weighted by Gasteiger charge is -2.19. The molecular formula is C17H17Cl2NO3S. The standard InChI is InChI=1S/C17H17Cl2NO3S/c1-20(10-11-9-12(18)3-5-14(11)23-2)17(22)8-4-13(21)15-6-7-16(19)24-15/h3,5-7,9H,4,8,10H2,1-2H3. The van der Waals surface area contributed by atoms with Gasteiger partial charge in [-0.05, 0) is 30.3 Å². The Balaban J connectivity index is 1.93. The van der Waals surface area contributed by atoms with Gasteiger partial charge in [0.2, 0.25) is 5.91 Å². The summed E-state index contributed by atoms with van der Waals surface area (Å²) in [6.45, 7) is 0.363. The highest BCUT2D eigenvalue weighted by molar-refractivity contribution is 7.18. The zero-order valence-electron chi connectivity index (χ0n) is 13.3. The SMILES string of the molecule is COc1ccc(Cl)cc1CN(C)C(=O)CCC(=O)c1ccc(Cl)s1. The van der Waals surface area contributed by atoms with Gasteiger partial charge < -0.3 is 9.64 Å². The zero-order valence-corrected chi connectivity index (χ0v) is 15.7. The second-order valence-electron chi connectivity index (χ2n) is 5.23. The highest BCUT2D eigenvalue weighted by Gasteiger charge is 2.16. The fourth-order valence-corrected chi connectivity index (χ4v) is 3.42. The molecular weight excluding hydrogens is 369 g/mol. The number of ketones is 1. The Bertz CT molecular complexity index is 745. The fourth-order valence-electron chi connectivity index (χ4n) is 2.21. The molecule has 0 saturated heterocycles. The smallest absolute Gasteiger partial charge is 0.223 e. The van der Waals surface area contributed by atoms with Crippen LogP contribution in [0.25, 0.3) is 0 Å². The van der Waals surface area contributed by atoms with Gasteiger partial charge in [0.25, 0.3) is 0 Å². The molecule has 0 saturated carbocycles. The summed E-state index contributed by atoms with van der Waals surface area (Å²) < 4.78 is 5.84. The van der Waals surface area contributed by atoms with Crippen LogP contribution in [-0.4, -0.2) is 30.7 Å². The lowest BCUT2D eigenvalue weighted by atomic mass is 10.1. The van der Waals surface area contributed by atoms with E-state index in [0.717, 1.165) is 5.56 Å². The molecule has 0 unspecified atom stereocenters. The van der Waals surface area contributed by atoms with Crippen LogP contribution < -0.4 is 4.74 Å². The molecule has 2 rings (SSSR count). The van der Waals surface area contributed by atoms with E-state index in [-0.39, 0.29) is 24.5 Å². The molecule has 1 aromatic heterocycles. The lowest BCUT2D eigenvalue weighted by Crippen LogP contribution is -2.26. The number of rotatable bonds is 7. The minimum absolute atomic E-state index is 0.0750. The number of thiophene rings is 1. The van der Waals surface area contributed by atoms with Crippen LogP contribution in [0.4, 0.5) is 0 Å². The number of ether oxygens (including phenoxy) is 1. The molecule has 1 aromatic carbocycles. The van der Waals surface area contributed by atoms with Gasteiger partial charge in [0, 0.05) is 37.0 Å². The van der Waals surface area contributed by atoms with Gasteiger partial charge in [0.15, 0.2) is 5.78 Å². The number of Topliss-reactive ketones (excluding diaryl/α,β-unsaturated/α-hetero) is 1. The van der Waals surface area contributed by atoms with Crippen molar-refractivity contribution in [1.82, 2.24) is 4.90 Å². The van der Waals surface area contributed by atoms with Crippen LogP contribution in [0.5, 0.6) is 5.75 Å². The Kier molecular flexibility index (Phi) is 6.66. The molecule has 2 aromatic rings. The van der Waals surface area contributed by atoms with E-state index < -0.39 is 0 Å². The maximum atomic E-state index is 12.3. The van der Waals surface area contributed by atoms with Crippen LogP contribution in [0.15, 0.2) is 30.3 Å². The van der Waals surface area contributed by atoms with Crippen molar-refractivity contribution in [2.45, 2.75) is 19.4 Å². The summed E-state index contributed by atoms with van der Waals surface area (Å²) in [7, 11) is 3.26. The first-order valence-electron chi connectivity index (χ1n) is 7.25. The number of methoxy groups -OCH3 is 1. The van der Waals surface area contributed by atoms with E-state index in [1.807, 2.05) is 0 Å². The molecule has 128 valence electrons. The third-order valence-electron chi connectivity index (χ3n) is 3.49. The van der Waals surface area contributed by atoms with Crippen LogP contribution >= 0.6 is 34.5 Å². The van der Waals surface area contributed by atoms with Crippen LogP contribution in [0.3, 0.4) is 0 Å². The van der Waals surface area contributed by atoms with E-state index in [0.29, 0.717) is 26.5 Å². The molecule has 0 aliphatic rings. The van der Waals surface area contributed by atoms with Crippen molar-refractivity contribution in [3.63, 3.8) is 0 Å². The van der Waals surface area contributed by atoms with Crippen molar-refractivity contribution in [3.05, 3.63) is 50.1 Å². The fraction of sp³-hybridized carbons (Fsp3) is 0.294. The van der Waals surface area contributed by atoms with Gasteiger partial charge in [-0.3, -0.25) is 9.59 Å². The molecule has 0 bridgehead atoms. The molecule has 0 radical (unpaired) electrons. The van der Waals surface area contributed by atoms with Crippen LogP contribution in [-0.2, 0) is 11.3 Å². The minimum Gasteiger partial charge on any atom is -0.496 e. The molecule has 4 nitrogen and oxygen atoms in total. The number of carbonyl (C=O) groups excluding carboxylic acids is 2. The van der Waals surface area contributed by atoms with E-state index in [2.05, 4.69) is 0 Å². The molecule has 0 atom stereocenters. The monoisotopic (exact) mass is 385 g/mol. The molecule has 24 heavy (non-hydrogen) atoms. The quantitative estimate of drug-likeness (QED) is 0.649. The first-order chi connectivity index (χ1) is 11.4. The molecule has 1 heterocycles. The number of carbonyl (C=O) groups is 2. The predicted octanol–water partition coefficient (Wildman–Crippen LogP) is 4.69. The van der Waals surface area contributed by atoms with Crippen molar-refractivity contribution in [1.29, 1.82) is 0 Å². The first kappa shape index (κ1) is 18.8. The second kappa shape index (κ2) is 8.51. The summed E-state index contributed by atoms with van der Waals surface area (Å²) in [5.41, 5.74) is 0.817. The third-order valence-corrected chi connectivity index (χ3v) is 5.00. The van der Waals surface area contributed by atoms with Gasteiger partial charge in [-0.2, -0.15) is 0 Å². The van der Waals surface area contributed by atoms with Crippen LogP contribution in [0, 0.1) is 0 Å². The zero-order chi connectivity index (χ0) is 17.7. The summed E-state index contributed by atoms with van der Waals surface area (Å²) in [5.74, 6) is 0.477. The number of hydrogen-bond acceptors (Lipinski definition) is 4. The summed E-state index contributed by atoms with van der Waals surface area (Å²) in [6.07, 6.45) is 0.306. The van der Waals surface area contributed by atoms with E-state index in [4.69, 9.17) is 27.9 Å². The molecule has 7 heteroatoms. The third kappa shape index (κ3) is 4.97. The average Bonchev–Trinajstić information content (AvgIpc) is 2.99. The van der Waals surface area contributed by atoms with Gasteiger partial charge in [0.05, 0.1) is 16.3 Å². The van der Waals surface area contributed by atoms with Crippen molar-refractivity contribution < 1.29 is 14.3 Å². The van der Waals surface area contributed by atoms with Gasteiger partial charge in [-0.25, -0.2) is 0 Å². The number of nitrogens with zero attached hydrogens (tertiary/aromatic N) is 1. The Morgan fingerprint density at radius 1 is 1.17 bits per heavy atom. The number of amides is 1. The maximum absolute atomic E-state index is 12.3. The van der Waals surface area contributed by atoms with Crippen molar-refractivity contribution in [2.75, 3.05) is 14.2 Å². The predicted molar refractivity (Wildman–Crippen MR) is 97.4 cm³/mol. The number of benzene rings is 1. The highest BCUT2D eigenvalue weighted by atomic mass is 35.5. The van der Waals surface area contributed by atoms with E-state index in [1.165, 1.54) is 11.3 Å². The van der Waals surface area contributed by atoms with Crippen molar-refractivity contribution in [3.8, 4) is 5.75 Å². The Hall–Kier alpha value is -1.56. The second-order valence-corrected chi connectivity index (χ2v) is 7.38. The Morgan fingerprint density at radius 2 is 1.92 bits per heavy atom. The minimum atomic E-state index is -0.118. The Labute approximate surface area is 154 Å². The summed E-state index contributed by atoms with van der Waals surface area (Å²) in [6, 6.07) is 8.62. The highest BCUT2D eigenvalue weighted by Crippen LogP contribution is 2.25. The largest absolute Gasteiger partial charge is 0.496 e. The Morgan fingerprint density at radius 3 is 2.54 bits per heavy atom. The summed E-state index contributed by atoms with van der Waals surface area (Å²) in [5, 5.41) is 0.580. The van der Waals surface area contributed by atoms with Crippen molar-refractivity contribution in [2.24, 2.45) is 0 Å². The number of hydrogen-bond donors (Lipinski definition) is 0. The van der Waals surface area contributed by atoms with E-state index in [1.54, 1.807) is 49.4 Å². The van der Waals surface area contributed by atoms with Gasteiger partial charge >= 0.3 is 0 Å². The average molecular weight is 386 g/mol. The van der Waals surface area contributed by atoms with Crippen molar-refractivity contribution >= 4 is 46.2 Å². The summed E-state index contributed by atoms with van der Waals surface area (Å²) in [4.78, 5) is 26.4. The van der Waals surface area contributed by atoms with Crippen LogP contribution in [0.2, 0.25) is 9.36 Å². The van der Waals surface area contributed by atoms with Crippen LogP contribution in [0.1, 0.15) is 28.1 Å². The molecule has 0 aliphatic carbocycles. The first-order valence-corrected chi connectivity index (χ1v) is 8.83. The molecule has 0 N–H and O–H groups in total. The molecule has 0 spiro atoms. The molecule has 0 fully saturated rings. The van der Waals surface area contributed by atoms with Gasteiger partial charge in [0.1, 0.15) is 5.75 Å². The van der Waals surface area contributed by atoms with Gasteiger partial charge in [-0.1, -0.05) is 23.2 Å². The van der Waals surface area contributed by atoms with Gasteiger partial charge in [-0.15, -0.1) is 11.3 Å². The van der Waals surface area contributed by atoms with E-state index >= 15 is 0 Å².